The largest absolute Gasteiger partial charge is 0.368 e. The van der Waals surface area contributed by atoms with E-state index in [1.807, 2.05) is 48.2 Å². The molecule has 3 aromatic rings. The van der Waals surface area contributed by atoms with Crippen molar-refractivity contribution in [1.82, 2.24) is 19.9 Å². The summed E-state index contributed by atoms with van der Waals surface area (Å²) in [6, 6.07) is 11.6. The van der Waals surface area contributed by atoms with Gasteiger partial charge in [0.25, 0.3) is 0 Å². The van der Waals surface area contributed by atoms with Crippen LogP contribution in [0.2, 0.25) is 5.02 Å². The molecule has 1 fully saturated rings. The number of carbonyl (C=O) groups is 1. The summed E-state index contributed by atoms with van der Waals surface area (Å²) in [6.45, 7) is 3.53. The second-order valence-electron chi connectivity index (χ2n) is 7.38. The van der Waals surface area contributed by atoms with Gasteiger partial charge >= 0.3 is 0 Å². The predicted molar refractivity (Wildman–Crippen MR) is 115 cm³/mol. The highest BCUT2D eigenvalue weighted by molar-refractivity contribution is 6.30. The minimum absolute atomic E-state index is 0.118. The number of benzene rings is 1. The van der Waals surface area contributed by atoms with Crippen LogP contribution in [0.15, 0.2) is 55.1 Å². The average Bonchev–Trinajstić information content (AvgIpc) is 2.78. The van der Waals surface area contributed by atoms with E-state index in [1.165, 1.54) is 6.33 Å². The number of carbonyl (C=O) groups excluding carboxylic acids is 1. The number of hydrogen-bond acceptors (Lipinski definition) is 5. The Kier molecular flexibility index (Phi) is 6.35. The van der Waals surface area contributed by atoms with Crippen molar-refractivity contribution in [3.63, 3.8) is 0 Å². The number of hydrogen-bond donors (Lipinski definition) is 0. The number of amides is 1. The molecule has 0 aliphatic carbocycles. The van der Waals surface area contributed by atoms with Gasteiger partial charge < -0.3 is 9.64 Å². The predicted octanol–water partition coefficient (Wildman–Crippen LogP) is 4.03. The van der Waals surface area contributed by atoms with E-state index in [4.69, 9.17) is 16.3 Å². The average molecular weight is 423 g/mol. The molecule has 0 unspecified atom stereocenters. The van der Waals surface area contributed by atoms with Crippen LogP contribution in [0.4, 0.5) is 0 Å². The summed E-state index contributed by atoms with van der Waals surface area (Å²) in [4.78, 5) is 27.5. The lowest BCUT2D eigenvalue weighted by Crippen LogP contribution is -2.42. The number of morpholine rings is 1. The quantitative estimate of drug-likeness (QED) is 0.620. The lowest BCUT2D eigenvalue weighted by molar-refractivity contribution is -0.139. The first-order valence-electron chi connectivity index (χ1n) is 9.96. The summed E-state index contributed by atoms with van der Waals surface area (Å²) < 4.78 is 5.96. The molecule has 2 aromatic heterocycles. The van der Waals surface area contributed by atoms with Crippen LogP contribution >= 0.6 is 11.6 Å². The Hall–Kier alpha value is -2.83. The molecule has 154 valence electrons. The van der Waals surface area contributed by atoms with E-state index < -0.39 is 0 Å². The van der Waals surface area contributed by atoms with Crippen molar-refractivity contribution in [3.05, 3.63) is 77.1 Å². The van der Waals surface area contributed by atoms with Gasteiger partial charge in [0.1, 0.15) is 12.4 Å². The number of pyridine rings is 1. The molecular weight excluding hydrogens is 400 g/mol. The minimum Gasteiger partial charge on any atom is -0.368 e. The molecule has 0 N–H and O–H groups in total. The van der Waals surface area contributed by atoms with Crippen molar-refractivity contribution in [1.29, 1.82) is 0 Å². The van der Waals surface area contributed by atoms with Gasteiger partial charge in [-0.05, 0) is 48.7 Å². The Morgan fingerprint density at radius 1 is 1.20 bits per heavy atom. The van der Waals surface area contributed by atoms with Gasteiger partial charge in [-0.15, -0.1) is 0 Å². The summed E-state index contributed by atoms with van der Waals surface area (Å²) >= 11 is 6.04. The van der Waals surface area contributed by atoms with Crippen LogP contribution in [0.25, 0.3) is 11.1 Å². The topological polar surface area (TPSA) is 68.2 Å². The van der Waals surface area contributed by atoms with Gasteiger partial charge in [0.05, 0.1) is 18.8 Å². The highest BCUT2D eigenvalue weighted by Crippen LogP contribution is 2.26. The van der Waals surface area contributed by atoms with Crippen LogP contribution in [0, 0.1) is 6.92 Å². The van der Waals surface area contributed by atoms with E-state index in [9.17, 15) is 4.79 Å². The van der Waals surface area contributed by atoms with E-state index in [-0.39, 0.29) is 12.0 Å². The number of rotatable bonds is 5. The van der Waals surface area contributed by atoms with Crippen LogP contribution < -0.4 is 0 Å². The first kappa shape index (κ1) is 20.4. The zero-order valence-electron chi connectivity index (χ0n) is 16.8. The Morgan fingerprint density at radius 2 is 2.03 bits per heavy atom. The van der Waals surface area contributed by atoms with E-state index in [2.05, 4.69) is 15.0 Å². The molecule has 0 radical (unpaired) electrons. The monoisotopic (exact) mass is 422 g/mol. The molecule has 1 aliphatic rings. The van der Waals surface area contributed by atoms with Crippen molar-refractivity contribution in [2.45, 2.75) is 25.9 Å². The first-order valence-corrected chi connectivity index (χ1v) is 10.3. The fourth-order valence-electron chi connectivity index (χ4n) is 3.63. The zero-order chi connectivity index (χ0) is 20.9. The third-order valence-corrected chi connectivity index (χ3v) is 5.37. The summed E-state index contributed by atoms with van der Waals surface area (Å²) in [5, 5.41) is 0.691. The van der Waals surface area contributed by atoms with E-state index in [0.29, 0.717) is 37.6 Å². The van der Waals surface area contributed by atoms with Gasteiger partial charge in [-0.3, -0.25) is 9.78 Å². The molecule has 30 heavy (non-hydrogen) atoms. The highest BCUT2D eigenvalue weighted by atomic mass is 35.5. The molecule has 1 saturated heterocycles. The van der Waals surface area contributed by atoms with Gasteiger partial charge in [-0.25, -0.2) is 9.97 Å². The normalized spacial score (nSPS) is 16.5. The maximum Gasteiger partial charge on any atom is 0.223 e. The lowest BCUT2D eigenvalue weighted by Gasteiger charge is -2.33. The molecule has 1 aromatic carbocycles. The summed E-state index contributed by atoms with van der Waals surface area (Å²) in [5.41, 5.74) is 4.69. The standard InChI is InChI=1S/C23H23ClN4O2/c1-16-9-18(19-12-25-15-26-13-19)11-21(27-16)22-14-28(7-8-30-22)23(29)6-5-17-3-2-4-20(24)10-17/h2-4,9-13,15,22H,5-8,14H2,1H3/t22-/m0/s1. The number of aromatic nitrogens is 3. The van der Waals surface area contributed by atoms with E-state index >= 15 is 0 Å². The second kappa shape index (κ2) is 9.32. The zero-order valence-corrected chi connectivity index (χ0v) is 17.5. The van der Waals surface area contributed by atoms with Gasteiger partial charge in [-0.1, -0.05) is 23.7 Å². The smallest absolute Gasteiger partial charge is 0.223 e. The van der Waals surface area contributed by atoms with E-state index in [0.717, 1.165) is 28.1 Å². The summed E-state index contributed by atoms with van der Waals surface area (Å²) in [5.74, 6) is 0.118. The van der Waals surface area contributed by atoms with Crippen LogP contribution in [-0.2, 0) is 16.0 Å². The Morgan fingerprint density at radius 3 is 2.83 bits per heavy atom. The van der Waals surface area contributed by atoms with Crippen LogP contribution in [0.5, 0.6) is 0 Å². The molecule has 1 amide bonds. The third kappa shape index (κ3) is 5.01. The number of ether oxygens (including phenoxy) is 1. The van der Waals surface area contributed by atoms with E-state index in [1.54, 1.807) is 12.4 Å². The summed E-state index contributed by atoms with van der Waals surface area (Å²) in [6.07, 6.45) is 5.92. The molecule has 0 saturated carbocycles. The molecule has 1 atom stereocenters. The fourth-order valence-corrected chi connectivity index (χ4v) is 3.84. The van der Waals surface area contributed by atoms with Gasteiger partial charge in [0.2, 0.25) is 5.91 Å². The van der Waals surface area contributed by atoms with Gasteiger partial charge in [0.15, 0.2) is 0 Å². The van der Waals surface area contributed by atoms with Crippen LogP contribution in [-0.4, -0.2) is 45.5 Å². The molecular formula is C23H23ClN4O2. The molecule has 4 rings (SSSR count). The Balaban J connectivity index is 1.45. The SMILES string of the molecule is Cc1cc(-c2cncnc2)cc([C@@H]2CN(C(=O)CCc3cccc(Cl)c3)CCO2)n1. The number of halogens is 1. The second-order valence-corrected chi connectivity index (χ2v) is 7.81. The molecule has 0 bridgehead atoms. The molecule has 6 nitrogen and oxygen atoms in total. The number of aryl methyl sites for hydroxylation is 2. The summed E-state index contributed by atoms with van der Waals surface area (Å²) in [7, 11) is 0. The Labute approximate surface area is 180 Å². The van der Waals surface area contributed by atoms with Crippen molar-refractivity contribution in [3.8, 4) is 11.1 Å². The Bertz CT molecular complexity index is 1030. The van der Waals surface area contributed by atoms with Crippen molar-refractivity contribution >= 4 is 17.5 Å². The maximum atomic E-state index is 12.8. The minimum atomic E-state index is -0.253. The van der Waals surface area contributed by atoms with Gasteiger partial charge in [-0.2, -0.15) is 0 Å². The van der Waals surface area contributed by atoms with Crippen molar-refractivity contribution < 1.29 is 9.53 Å². The van der Waals surface area contributed by atoms with Crippen LogP contribution in [0.3, 0.4) is 0 Å². The highest BCUT2D eigenvalue weighted by Gasteiger charge is 2.26. The number of nitrogens with zero attached hydrogens (tertiary/aromatic N) is 4. The lowest BCUT2D eigenvalue weighted by atomic mass is 10.0. The maximum absolute atomic E-state index is 12.8. The van der Waals surface area contributed by atoms with Crippen molar-refractivity contribution in [2.75, 3.05) is 19.7 Å². The first-order chi connectivity index (χ1) is 14.6. The molecule has 1 aliphatic heterocycles. The molecule has 3 heterocycles. The van der Waals surface area contributed by atoms with Crippen LogP contribution in [0.1, 0.15) is 29.5 Å². The molecule has 0 spiro atoms. The molecule has 7 heteroatoms. The third-order valence-electron chi connectivity index (χ3n) is 5.13. The fraction of sp³-hybridized carbons (Fsp3) is 0.304. The van der Waals surface area contributed by atoms with Crippen molar-refractivity contribution in [2.24, 2.45) is 0 Å². The van der Waals surface area contributed by atoms with Gasteiger partial charge in [0, 0.05) is 41.6 Å².